The Morgan fingerprint density at radius 2 is 2.05 bits per heavy atom. The topological polar surface area (TPSA) is 39.7 Å². The standard InChI is InChI=1S/C16H27FN4.HI/c1-6-12(2)20-16(18-3)19-11-15(21(4)5)13-8-7-9-14(17)10-13;/h7-10,12,15H,6,11H2,1-5H3,(H2,18,19,20);1H. The molecule has 1 aromatic rings. The average molecular weight is 422 g/mol. The molecule has 2 N–H and O–H groups in total. The Balaban J connectivity index is 0.00000441. The van der Waals surface area contributed by atoms with E-state index in [4.69, 9.17) is 0 Å². The van der Waals surface area contributed by atoms with Crippen LogP contribution in [0.3, 0.4) is 0 Å². The molecule has 2 atom stereocenters. The Hall–Kier alpha value is -0.890. The van der Waals surface area contributed by atoms with Gasteiger partial charge in [-0.1, -0.05) is 19.1 Å². The van der Waals surface area contributed by atoms with Gasteiger partial charge in [-0.2, -0.15) is 0 Å². The summed E-state index contributed by atoms with van der Waals surface area (Å²) < 4.78 is 13.4. The molecule has 4 nitrogen and oxygen atoms in total. The zero-order valence-electron chi connectivity index (χ0n) is 14.1. The second kappa shape index (κ2) is 10.8. The van der Waals surface area contributed by atoms with Crippen LogP contribution in [0.15, 0.2) is 29.3 Å². The van der Waals surface area contributed by atoms with Crippen LogP contribution in [0.2, 0.25) is 0 Å². The highest BCUT2D eigenvalue weighted by atomic mass is 127. The van der Waals surface area contributed by atoms with Gasteiger partial charge in [0.1, 0.15) is 5.82 Å². The molecule has 0 saturated heterocycles. The number of aliphatic imine (C=N–C) groups is 1. The van der Waals surface area contributed by atoms with Crippen LogP contribution in [0.5, 0.6) is 0 Å². The highest BCUT2D eigenvalue weighted by molar-refractivity contribution is 14.0. The molecule has 0 spiro atoms. The third kappa shape index (κ3) is 6.91. The lowest BCUT2D eigenvalue weighted by Gasteiger charge is -2.26. The van der Waals surface area contributed by atoms with Crippen LogP contribution in [0.25, 0.3) is 0 Å². The molecular formula is C16H28FIN4. The number of halogens is 2. The molecule has 0 saturated carbocycles. The van der Waals surface area contributed by atoms with Gasteiger partial charge >= 0.3 is 0 Å². The molecule has 0 fully saturated rings. The first-order chi connectivity index (χ1) is 9.97. The van der Waals surface area contributed by atoms with E-state index in [1.54, 1.807) is 19.2 Å². The minimum atomic E-state index is -0.207. The maximum Gasteiger partial charge on any atom is 0.191 e. The Kier molecular flexibility index (Phi) is 10.3. The Labute approximate surface area is 150 Å². The van der Waals surface area contributed by atoms with Gasteiger partial charge in [0.25, 0.3) is 0 Å². The molecular weight excluding hydrogens is 394 g/mol. The molecule has 1 rings (SSSR count). The van der Waals surface area contributed by atoms with E-state index >= 15 is 0 Å². The first kappa shape index (κ1) is 21.1. The number of nitrogens with one attached hydrogen (secondary N) is 2. The van der Waals surface area contributed by atoms with E-state index in [-0.39, 0.29) is 35.8 Å². The third-order valence-electron chi connectivity index (χ3n) is 3.54. The molecule has 0 heterocycles. The summed E-state index contributed by atoms with van der Waals surface area (Å²) in [7, 11) is 5.73. The summed E-state index contributed by atoms with van der Waals surface area (Å²) in [5.74, 6) is 0.564. The molecule has 0 aliphatic heterocycles. The van der Waals surface area contributed by atoms with Crippen molar-refractivity contribution in [3.63, 3.8) is 0 Å². The largest absolute Gasteiger partial charge is 0.354 e. The van der Waals surface area contributed by atoms with E-state index in [0.717, 1.165) is 17.9 Å². The zero-order chi connectivity index (χ0) is 15.8. The summed E-state index contributed by atoms with van der Waals surface area (Å²) in [5.41, 5.74) is 0.950. The summed E-state index contributed by atoms with van der Waals surface area (Å²) in [6.45, 7) is 4.90. The molecule has 0 aromatic heterocycles. The maximum atomic E-state index is 13.4. The molecule has 0 aliphatic rings. The number of rotatable bonds is 6. The number of hydrogen-bond donors (Lipinski definition) is 2. The van der Waals surface area contributed by atoms with Gasteiger partial charge in [-0.3, -0.25) is 4.99 Å². The lowest BCUT2D eigenvalue weighted by Crippen LogP contribution is -2.44. The van der Waals surface area contributed by atoms with Crippen molar-refractivity contribution < 1.29 is 4.39 Å². The molecule has 0 amide bonds. The highest BCUT2D eigenvalue weighted by Gasteiger charge is 2.15. The van der Waals surface area contributed by atoms with Crippen LogP contribution in [-0.2, 0) is 0 Å². The van der Waals surface area contributed by atoms with Gasteiger partial charge in [-0.05, 0) is 45.1 Å². The lowest BCUT2D eigenvalue weighted by molar-refractivity contribution is 0.297. The van der Waals surface area contributed by atoms with E-state index in [9.17, 15) is 4.39 Å². The molecule has 0 bridgehead atoms. The van der Waals surface area contributed by atoms with Crippen LogP contribution >= 0.6 is 24.0 Å². The maximum absolute atomic E-state index is 13.4. The second-order valence-electron chi connectivity index (χ2n) is 5.44. The van der Waals surface area contributed by atoms with E-state index in [0.29, 0.717) is 12.6 Å². The Morgan fingerprint density at radius 3 is 2.55 bits per heavy atom. The SMILES string of the molecule is CCC(C)NC(=NC)NCC(c1cccc(F)c1)N(C)C.I. The van der Waals surface area contributed by atoms with E-state index in [1.807, 2.05) is 20.2 Å². The Bertz CT molecular complexity index is 465. The van der Waals surface area contributed by atoms with E-state index in [2.05, 4.69) is 34.4 Å². The van der Waals surface area contributed by atoms with Gasteiger partial charge in [0.05, 0.1) is 6.04 Å². The van der Waals surface area contributed by atoms with Crippen LogP contribution in [0, 0.1) is 5.82 Å². The van der Waals surface area contributed by atoms with Gasteiger partial charge in [0, 0.05) is 19.6 Å². The van der Waals surface area contributed by atoms with Crippen molar-refractivity contribution in [1.29, 1.82) is 0 Å². The van der Waals surface area contributed by atoms with Gasteiger partial charge in [0.15, 0.2) is 5.96 Å². The van der Waals surface area contributed by atoms with Crippen molar-refractivity contribution in [1.82, 2.24) is 15.5 Å². The van der Waals surface area contributed by atoms with E-state index in [1.165, 1.54) is 6.07 Å². The van der Waals surface area contributed by atoms with Crippen molar-refractivity contribution in [3.05, 3.63) is 35.6 Å². The fraction of sp³-hybridized carbons (Fsp3) is 0.562. The number of benzene rings is 1. The van der Waals surface area contributed by atoms with Crippen molar-refractivity contribution >= 4 is 29.9 Å². The second-order valence-corrected chi connectivity index (χ2v) is 5.44. The lowest BCUT2D eigenvalue weighted by atomic mass is 10.1. The molecule has 2 unspecified atom stereocenters. The molecule has 126 valence electrons. The van der Waals surface area contributed by atoms with Gasteiger partial charge in [-0.15, -0.1) is 24.0 Å². The van der Waals surface area contributed by atoms with Gasteiger partial charge in [-0.25, -0.2) is 4.39 Å². The van der Waals surface area contributed by atoms with Crippen LogP contribution in [0.1, 0.15) is 31.9 Å². The zero-order valence-corrected chi connectivity index (χ0v) is 16.4. The fourth-order valence-electron chi connectivity index (χ4n) is 2.04. The predicted octanol–water partition coefficient (Wildman–Crippen LogP) is 3.01. The van der Waals surface area contributed by atoms with Crippen LogP contribution in [0.4, 0.5) is 4.39 Å². The first-order valence-electron chi connectivity index (χ1n) is 7.37. The summed E-state index contributed by atoms with van der Waals surface area (Å²) in [6.07, 6.45) is 1.03. The number of likely N-dealkylation sites (N-methyl/N-ethyl adjacent to an activating group) is 1. The molecule has 0 aliphatic carbocycles. The smallest absolute Gasteiger partial charge is 0.191 e. The molecule has 0 radical (unpaired) electrons. The third-order valence-corrected chi connectivity index (χ3v) is 3.54. The summed E-state index contributed by atoms with van der Waals surface area (Å²) in [5, 5.41) is 6.63. The molecule has 1 aromatic carbocycles. The van der Waals surface area contributed by atoms with E-state index < -0.39 is 0 Å². The van der Waals surface area contributed by atoms with Crippen molar-refractivity contribution in [2.24, 2.45) is 4.99 Å². The predicted molar refractivity (Wildman–Crippen MR) is 102 cm³/mol. The number of nitrogens with zero attached hydrogens (tertiary/aromatic N) is 2. The summed E-state index contributed by atoms with van der Waals surface area (Å²) in [6, 6.07) is 7.18. The van der Waals surface area contributed by atoms with Crippen LogP contribution < -0.4 is 10.6 Å². The van der Waals surface area contributed by atoms with Gasteiger partial charge < -0.3 is 15.5 Å². The van der Waals surface area contributed by atoms with Crippen LogP contribution in [-0.4, -0.2) is 44.6 Å². The summed E-state index contributed by atoms with van der Waals surface area (Å²) in [4.78, 5) is 6.29. The normalized spacial score (nSPS) is 14.2. The monoisotopic (exact) mass is 422 g/mol. The highest BCUT2D eigenvalue weighted by Crippen LogP contribution is 2.18. The minimum Gasteiger partial charge on any atom is -0.354 e. The summed E-state index contributed by atoms with van der Waals surface area (Å²) >= 11 is 0. The van der Waals surface area contributed by atoms with Crippen molar-refractivity contribution in [3.8, 4) is 0 Å². The average Bonchev–Trinajstić information content (AvgIpc) is 2.45. The number of hydrogen-bond acceptors (Lipinski definition) is 2. The Morgan fingerprint density at radius 1 is 1.36 bits per heavy atom. The van der Waals surface area contributed by atoms with Crippen molar-refractivity contribution in [2.75, 3.05) is 27.7 Å². The fourth-order valence-corrected chi connectivity index (χ4v) is 2.04. The number of guanidine groups is 1. The van der Waals surface area contributed by atoms with Crippen molar-refractivity contribution in [2.45, 2.75) is 32.4 Å². The van der Waals surface area contributed by atoms with Gasteiger partial charge in [0.2, 0.25) is 0 Å². The first-order valence-corrected chi connectivity index (χ1v) is 7.37. The molecule has 6 heteroatoms. The quantitative estimate of drug-likeness (QED) is 0.421. The molecule has 22 heavy (non-hydrogen) atoms. The minimum absolute atomic E-state index is 0.